The predicted molar refractivity (Wildman–Crippen MR) is 78.0 cm³/mol. The summed E-state index contributed by atoms with van der Waals surface area (Å²) in [6, 6.07) is 7.82. The Bertz CT molecular complexity index is 398. The molecule has 0 saturated carbocycles. The molecule has 106 valence electrons. The minimum atomic E-state index is -0.121. The van der Waals surface area contributed by atoms with Gasteiger partial charge in [0.05, 0.1) is 19.3 Å². The normalized spacial score (nSPS) is 12.2. The molecule has 0 aromatic heterocycles. The van der Waals surface area contributed by atoms with E-state index >= 15 is 0 Å². The van der Waals surface area contributed by atoms with E-state index in [2.05, 4.69) is 21.2 Å². The quantitative estimate of drug-likeness (QED) is 0.746. The first-order chi connectivity index (χ1) is 9.13. The molecule has 0 bridgehead atoms. The Kier molecular flexibility index (Phi) is 7.70. The van der Waals surface area contributed by atoms with Gasteiger partial charge in [0, 0.05) is 11.1 Å². The molecule has 1 unspecified atom stereocenters. The number of carbonyl (C=O) groups excluding carboxylic acids is 1. The standard InChI is InChI=1S/C14H20BrNO3/c1-3-18-7-8-19-10-14(17)16-11(2)12-5-4-6-13(15)9-12/h4-6,9,11H,3,7-8,10H2,1-2H3,(H,16,17). The van der Waals surface area contributed by atoms with Crippen LogP contribution < -0.4 is 5.32 Å². The Morgan fingerprint density at radius 3 is 2.79 bits per heavy atom. The molecule has 0 heterocycles. The molecule has 1 rings (SSSR count). The predicted octanol–water partition coefficient (Wildman–Crippen LogP) is 2.68. The van der Waals surface area contributed by atoms with Crippen LogP contribution in [-0.4, -0.2) is 32.3 Å². The van der Waals surface area contributed by atoms with E-state index in [-0.39, 0.29) is 18.6 Å². The van der Waals surface area contributed by atoms with Gasteiger partial charge in [-0.05, 0) is 31.5 Å². The van der Waals surface area contributed by atoms with Crippen LogP contribution in [0.4, 0.5) is 0 Å². The first kappa shape index (κ1) is 16.1. The minimum Gasteiger partial charge on any atom is -0.379 e. The van der Waals surface area contributed by atoms with Gasteiger partial charge in [-0.25, -0.2) is 0 Å². The second kappa shape index (κ2) is 9.07. The molecular formula is C14H20BrNO3. The summed E-state index contributed by atoms with van der Waals surface area (Å²) in [5.41, 5.74) is 1.05. The van der Waals surface area contributed by atoms with Crippen molar-refractivity contribution in [2.45, 2.75) is 19.9 Å². The maximum Gasteiger partial charge on any atom is 0.246 e. The first-order valence-corrected chi connectivity index (χ1v) is 7.13. The third-order valence-electron chi connectivity index (χ3n) is 2.54. The van der Waals surface area contributed by atoms with Crippen LogP contribution in [0.3, 0.4) is 0 Å². The van der Waals surface area contributed by atoms with Crippen LogP contribution in [0, 0.1) is 0 Å². The van der Waals surface area contributed by atoms with Gasteiger partial charge in [0.2, 0.25) is 5.91 Å². The van der Waals surface area contributed by atoms with E-state index < -0.39 is 0 Å². The largest absolute Gasteiger partial charge is 0.379 e. The van der Waals surface area contributed by atoms with Crippen LogP contribution in [0.25, 0.3) is 0 Å². The molecule has 0 fully saturated rings. The van der Waals surface area contributed by atoms with Crippen molar-refractivity contribution in [3.05, 3.63) is 34.3 Å². The fourth-order valence-electron chi connectivity index (χ4n) is 1.57. The monoisotopic (exact) mass is 329 g/mol. The number of carbonyl (C=O) groups is 1. The Labute approximate surface area is 122 Å². The van der Waals surface area contributed by atoms with Gasteiger partial charge in [0.25, 0.3) is 0 Å². The fraction of sp³-hybridized carbons (Fsp3) is 0.500. The molecule has 1 aromatic carbocycles. The highest BCUT2D eigenvalue weighted by atomic mass is 79.9. The van der Waals surface area contributed by atoms with E-state index in [1.807, 2.05) is 38.1 Å². The second-order valence-corrected chi connectivity index (χ2v) is 5.01. The van der Waals surface area contributed by atoms with Crippen LogP contribution in [0.2, 0.25) is 0 Å². The molecule has 1 amide bonds. The van der Waals surface area contributed by atoms with E-state index in [9.17, 15) is 4.79 Å². The van der Waals surface area contributed by atoms with Gasteiger partial charge in [-0.3, -0.25) is 4.79 Å². The number of rotatable bonds is 8. The molecule has 1 atom stereocenters. The Morgan fingerprint density at radius 2 is 2.11 bits per heavy atom. The molecule has 4 nitrogen and oxygen atoms in total. The highest BCUT2D eigenvalue weighted by Gasteiger charge is 2.09. The lowest BCUT2D eigenvalue weighted by Crippen LogP contribution is -2.30. The zero-order chi connectivity index (χ0) is 14.1. The summed E-state index contributed by atoms with van der Waals surface area (Å²) in [6.45, 7) is 5.55. The van der Waals surface area contributed by atoms with Gasteiger partial charge in [0.1, 0.15) is 6.61 Å². The van der Waals surface area contributed by atoms with Gasteiger partial charge >= 0.3 is 0 Å². The van der Waals surface area contributed by atoms with E-state index in [1.54, 1.807) is 0 Å². The van der Waals surface area contributed by atoms with E-state index in [0.29, 0.717) is 19.8 Å². The topological polar surface area (TPSA) is 47.6 Å². The summed E-state index contributed by atoms with van der Waals surface area (Å²) in [4.78, 5) is 11.7. The van der Waals surface area contributed by atoms with Crippen LogP contribution in [0.1, 0.15) is 25.5 Å². The van der Waals surface area contributed by atoms with Crippen molar-refractivity contribution in [1.82, 2.24) is 5.32 Å². The zero-order valence-electron chi connectivity index (χ0n) is 11.3. The smallest absolute Gasteiger partial charge is 0.246 e. The Morgan fingerprint density at radius 1 is 1.37 bits per heavy atom. The van der Waals surface area contributed by atoms with Crippen molar-refractivity contribution in [2.24, 2.45) is 0 Å². The summed E-state index contributed by atoms with van der Waals surface area (Å²) in [5.74, 6) is -0.121. The van der Waals surface area contributed by atoms with E-state index in [0.717, 1.165) is 10.0 Å². The van der Waals surface area contributed by atoms with Gasteiger partial charge in [-0.2, -0.15) is 0 Å². The molecule has 0 aliphatic rings. The molecule has 0 radical (unpaired) electrons. The molecule has 19 heavy (non-hydrogen) atoms. The summed E-state index contributed by atoms with van der Waals surface area (Å²) in [5, 5.41) is 2.89. The minimum absolute atomic E-state index is 0.0412. The summed E-state index contributed by atoms with van der Waals surface area (Å²) >= 11 is 3.41. The number of halogens is 1. The molecule has 0 aliphatic carbocycles. The lowest BCUT2D eigenvalue weighted by Gasteiger charge is -2.14. The second-order valence-electron chi connectivity index (χ2n) is 4.09. The third-order valence-corrected chi connectivity index (χ3v) is 3.03. The van der Waals surface area contributed by atoms with Crippen LogP contribution in [0.5, 0.6) is 0 Å². The number of nitrogens with one attached hydrogen (secondary N) is 1. The fourth-order valence-corrected chi connectivity index (χ4v) is 1.99. The van der Waals surface area contributed by atoms with Crippen molar-refractivity contribution in [3.63, 3.8) is 0 Å². The number of ether oxygens (including phenoxy) is 2. The highest BCUT2D eigenvalue weighted by Crippen LogP contribution is 2.17. The molecule has 5 heteroatoms. The average Bonchev–Trinajstić information content (AvgIpc) is 2.38. The maximum atomic E-state index is 11.7. The number of benzene rings is 1. The van der Waals surface area contributed by atoms with Gasteiger partial charge < -0.3 is 14.8 Å². The SMILES string of the molecule is CCOCCOCC(=O)NC(C)c1cccc(Br)c1. The van der Waals surface area contributed by atoms with Crippen molar-refractivity contribution >= 4 is 21.8 Å². The molecule has 0 aliphatic heterocycles. The molecule has 1 N–H and O–H groups in total. The molecule has 0 saturated heterocycles. The summed E-state index contributed by atoms with van der Waals surface area (Å²) in [6.07, 6.45) is 0. The third kappa shape index (κ3) is 6.71. The van der Waals surface area contributed by atoms with Crippen LogP contribution in [0.15, 0.2) is 28.7 Å². The maximum absolute atomic E-state index is 11.7. The van der Waals surface area contributed by atoms with Gasteiger partial charge in [0.15, 0.2) is 0 Å². The lowest BCUT2D eigenvalue weighted by atomic mass is 10.1. The van der Waals surface area contributed by atoms with Gasteiger partial charge in [-0.1, -0.05) is 28.1 Å². The van der Waals surface area contributed by atoms with Crippen molar-refractivity contribution in [3.8, 4) is 0 Å². The lowest BCUT2D eigenvalue weighted by molar-refractivity contribution is -0.126. The van der Waals surface area contributed by atoms with Crippen molar-refractivity contribution < 1.29 is 14.3 Å². The van der Waals surface area contributed by atoms with E-state index in [1.165, 1.54) is 0 Å². The number of hydrogen-bond acceptors (Lipinski definition) is 3. The summed E-state index contributed by atoms with van der Waals surface area (Å²) < 4.78 is 11.3. The zero-order valence-corrected chi connectivity index (χ0v) is 12.9. The number of amides is 1. The van der Waals surface area contributed by atoms with E-state index in [4.69, 9.17) is 9.47 Å². The van der Waals surface area contributed by atoms with Gasteiger partial charge in [-0.15, -0.1) is 0 Å². The summed E-state index contributed by atoms with van der Waals surface area (Å²) in [7, 11) is 0. The molecular weight excluding hydrogens is 310 g/mol. The highest BCUT2D eigenvalue weighted by molar-refractivity contribution is 9.10. The first-order valence-electron chi connectivity index (χ1n) is 6.33. The average molecular weight is 330 g/mol. The molecule has 1 aromatic rings. The molecule has 0 spiro atoms. The van der Waals surface area contributed by atoms with Crippen LogP contribution in [-0.2, 0) is 14.3 Å². The van der Waals surface area contributed by atoms with Crippen LogP contribution >= 0.6 is 15.9 Å². The Balaban J connectivity index is 2.28. The van der Waals surface area contributed by atoms with Crippen molar-refractivity contribution in [1.29, 1.82) is 0 Å². The Hall–Kier alpha value is -0.910. The van der Waals surface area contributed by atoms with Crippen molar-refractivity contribution in [2.75, 3.05) is 26.4 Å². The number of hydrogen-bond donors (Lipinski definition) is 1.